The molecule has 5 nitrogen and oxygen atoms in total. The first kappa shape index (κ1) is 23.8. The van der Waals surface area contributed by atoms with Crippen LogP contribution in [0, 0.1) is 17.3 Å². The summed E-state index contributed by atoms with van der Waals surface area (Å²) in [6.07, 6.45) is 13.0. The summed E-state index contributed by atoms with van der Waals surface area (Å²) in [5.74, 6) is 4.01. The largest absolute Gasteiger partial charge is 0.494 e. The Kier molecular flexibility index (Phi) is 6.41. The molecule has 1 aliphatic heterocycles. The fraction of sp³-hybridized carbons (Fsp3) is 0.724. The van der Waals surface area contributed by atoms with Crippen molar-refractivity contribution in [2.75, 3.05) is 33.1 Å². The number of methoxy groups -OCH3 is 1. The van der Waals surface area contributed by atoms with E-state index in [1.165, 1.54) is 37.7 Å². The third kappa shape index (κ3) is 4.43. The number of nitrogens with zero attached hydrogens (tertiary/aromatic N) is 2. The minimum Gasteiger partial charge on any atom is -0.494 e. The second-order valence-corrected chi connectivity index (χ2v) is 12.8. The number of aliphatic imine (C=N–C) groups is 1. The number of Topliss-reactive ketones (excluding diaryl/α,β-unsaturated/α-hetero) is 1. The molecule has 0 radical (unpaired) electrons. The summed E-state index contributed by atoms with van der Waals surface area (Å²) in [6, 6.07) is 6.52. The molecule has 6 heteroatoms. The van der Waals surface area contributed by atoms with Crippen molar-refractivity contribution in [2.45, 2.75) is 82.3 Å². The Morgan fingerprint density at radius 3 is 2.54 bits per heavy atom. The van der Waals surface area contributed by atoms with Gasteiger partial charge in [0, 0.05) is 25.3 Å². The number of hydrogen-bond donors (Lipinski definition) is 0. The summed E-state index contributed by atoms with van der Waals surface area (Å²) in [5, 5.41) is 1.05. The Morgan fingerprint density at radius 1 is 1.09 bits per heavy atom. The molecule has 4 aliphatic carbocycles. The van der Waals surface area contributed by atoms with Gasteiger partial charge in [-0.25, -0.2) is 4.99 Å². The normalized spacial score (nSPS) is 32.3. The van der Waals surface area contributed by atoms with Crippen LogP contribution in [-0.2, 0) is 21.5 Å². The minimum absolute atomic E-state index is 0.155. The van der Waals surface area contributed by atoms with Crippen molar-refractivity contribution < 1.29 is 14.3 Å². The fourth-order valence-corrected chi connectivity index (χ4v) is 7.88. The number of rotatable bonds is 8. The molecule has 5 aliphatic rings. The van der Waals surface area contributed by atoms with Crippen LogP contribution in [0.25, 0.3) is 0 Å². The smallest absolute Gasteiger partial charge is 0.184 e. The lowest BCUT2D eigenvalue weighted by Gasteiger charge is -2.49. The molecule has 3 fully saturated rings. The molecule has 0 bridgehead atoms. The van der Waals surface area contributed by atoms with E-state index in [1.807, 2.05) is 25.9 Å². The van der Waals surface area contributed by atoms with Crippen molar-refractivity contribution >= 4 is 22.7 Å². The van der Waals surface area contributed by atoms with Crippen molar-refractivity contribution in [3.8, 4) is 5.75 Å². The molecule has 0 amide bonds. The molecule has 3 saturated carbocycles. The molecule has 1 aromatic carbocycles. The van der Waals surface area contributed by atoms with E-state index in [1.54, 1.807) is 0 Å². The Balaban J connectivity index is 1.36. The summed E-state index contributed by atoms with van der Waals surface area (Å²) < 4.78 is 11.9. The van der Waals surface area contributed by atoms with Crippen LogP contribution in [0.5, 0.6) is 5.75 Å². The molecular formula is C29H40N2O3S. The lowest BCUT2D eigenvalue weighted by Crippen LogP contribution is -2.56. The highest BCUT2D eigenvalue weighted by Crippen LogP contribution is 2.61. The van der Waals surface area contributed by atoms with Crippen LogP contribution in [0.1, 0.15) is 75.3 Å². The van der Waals surface area contributed by atoms with E-state index in [0.29, 0.717) is 12.6 Å². The zero-order valence-electron chi connectivity index (χ0n) is 21.4. The van der Waals surface area contributed by atoms with Crippen LogP contribution in [0.2, 0.25) is 0 Å². The molecule has 0 N–H and O–H groups in total. The minimum atomic E-state index is -0.786. The third-order valence-electron chi connectivity index (χ3n) is 9.31. The fourth-order valence-electron chi connectivity index (χ4n) is 6.76. The number of likely N-dealkylation sites (N-methyl/N-ethyl adjacent to an activating group) is 1. The molecule has 2 spiro atoms. The van der Waals surface area contributed by atoms with Gasteiger partial charge in [-0.2, -0.15) is 0 Å². The highest BCUT2D eigenvalue weighted by molar-refractivity contribution is 8.13. The average Bonchev–Trinajstić information content (AvgIpc) is 3.78. The molecular weight excluding hydrogens is 456 g/mol. The maximum atomic E-state index is 14.1. The van der Waals surface area contributed by atoms with Crippen LogP contribution >= 0.6 is 11.8 Å². The lowest BCUT2D eigenvalue weighted by atomic mass is 9.60. The molecule has 0 aromatic heterocycles. The van der Waals surface area contributed by atoms with Gasteiger partial charge in [0.1, 0.15) is 5.75 Å². The van der Waals surface area contributed by atoms with Gasteiger partial charge >= 0.3 is 0 Å². The predicted molar refractivity (Wildman–Crippen MR) is 141 cm³/mol. The number of amidine groups is 1. The third-order valence-corrected chi connectivity index (χ3v) is 10.4. The van der Waals surface area contributed by atoms with E-state index in [0.717, 1.165) is 79.2 Å². The van der Waals surface area contributed by atoms with Crippen molar-refractivity contribution in [3.63, 3.8) is 0 Å². The molecule has 6 rings (SSSR count). The van der Waals surface area contributed by atoms with Gasteiger partial charge in [0.2, 0.25) is 0 Å². The molecule has 35 heavy (non-hydrogen) atoms. The molecule has 190 valence electrons. The van der Waals surface area contributed by atoms with Gasteiger partial charge in [-0.05, 0) is 80.0 Å². The highest BCUT2D eigenvalue weighted by atomic mass is 32.2. The standard InChI is InChI=1S/C29H40N2O3S/c1-31-19-26(32)29(30-27(31)35-16-12-21-5-6-21)25-17-24(34-15-11-20-3-4-20)8-7-22(25)18-28(29)13-9-23(33-2)10-14-28/h7-8,17,20-21,23H,3-6,9-16,18-19H2,1-2H3. The van der Waals surface area contributed by atoms with Gasteiger partial charge < -0.3 is 14.4 Å². The van der Waals surface area contributed by atoms with Crippen molar-refractivity contribution in [2.24, 2.45) is 22.2 Å². The SMILES string of the molecule is COC1CCC2(CC1)Cc1ccc(OCCC3CC3)cc1C21N=C(SCCC2CC2)N(C)CC1=O. The van der Waals surface area contributed by atoms with Crippen molar-refractivity contribution in [1.29, 1.82) is 0 Å². The first-order chi connectivity index (χ1) is 17.0. The van der Waals surface area contributed by atoms with Crippen molar-refractivity contribution in [3.05, 3.63) is 29.3 Å². The number of carbonyl (C=O) groups excluding carboxylic acids is 1. The van der Waals surface area contributed by atoms with E-state index in [4.69, 9.17) is 14.5 Å². The zero-order valence-corrected chi connectivity index (χ0v) is 22.2. The maximum absolute atomic E-state index is 14.1. The van der Waals surface area contributed by atoms with Crippen molar-refractivity contribution in [1.82, 2.24) is 4.90 Å². The Bertz CT molecular complexity index is 994. The van der Waals surface area contributed by atoms with E-state index in [9.17, 15) is 4.79 Å². The summed E-state index contributed by atoms with van der Waals surface area (Å²) in [6.45, 7) is 1.20. The Hall–Kier alpha value is -1.53. The monoisotopic (exact) mass is 496 g/mol. The quantitative estimate of drug-likeness (QED) is 0.469. The van der Waals surface area contributed by atoms with E-state index < -0.39 is 5.54 Å². The summed E-state index contributed by atoms with van der Waals surface area (Å²) >= 11 is 1.86. The van der Waals surface area contributed by atoms with Gasteiger partial charge in [-0.3, -0.25) is 4.79 Å². The number of benzene rings is 1. The molecule has 1 aromatic rings. The molecule has 0 saturated heterocycles. The number of ether oxygens (including phenoxy) is 2. The van der Waals surface area contributed by atoms with Gasteiger partial charge in [-0.15, -0.1) is 0 Å². The second-order valence-electron chi connectivity index (χ2n) is 11.8. The van der Waals surface area contributed by atoms with Gasteiger partial charge in [-0.1, -0.05) is 43.5 Å². The second kappa shape index (κ2) is 9.41. The van der Waals surface area contributed by atoms with Crippen LogP contribution in [0.3, 0.4) is 0 Å². The first-order valence-corrected chi connectivity index (χ1v) is 14.8. The number of hydrogen-bond acceptors (Lipinski definition) is 6. The first-order valence-electron chi connectivity index (χ1n) is 13.8. The van der Waals surface area contributed by atoms with Gasteiger partial charge in [0.25, 0.3) is 0 Å². The number of ketones is 1. The summed E-state index contributed by atoms with van der Waals surface area (Å²) in [5.41, 5.74) is 1.47. The van der Waals surface area contributed by atoms with Crippen LogP contribution in [-0.4, -0.2) is 55.0 Å². The summed E-state index contributed by atoms with van der Waals surface area (Å²) in [4.78, 5) is 21.7. The maximum Gasteiger partial charge on any atom is 0.184 e. The molecule has 1 heterocycles. The van der Waals surface area contributed by atoms with Gasteiger partial charge in [0.15, 0.2) is 16.5 Å². The lowest BCUT2D eigenvalue weighted by molar-refractivity contribution is -0.132. The zero-order chi connectivity index (χ0) is 24.0. The topological polar surface area (TPSA) is 51.1 Å². The van der Waals surface area contributed by atoms with Crippen LogP contribution in [0.4, 0.5) is 0 Å². The molecule has 1 atom stereocenters. The van der Waals surface area contributed by atoms with Gasteiger partial charge in [0.05, 0.1) is 19.3 Å². The van der Waals surface area contributed by atoms with Crippen LogP contribution in [0.15, 0.2) is 23.2 Å². The number of carbonyl (C=O) groups is 1. The number of thioether (sulfide) groups is 1. The van der Waals surface area contributed by atoms with E-state index >= 15 is 0 Å². The Morgan fingerprint density at radius 2 is 1.83 bits per heavy atom. The predicted octanol–water partition coefficient (Wildman–Crippen LogP) is 5.60. The van der Waals surface area contributed by atoms with E-state index in [-0.39, 0.29) is 11.2 Å². The van der Waals surface area contributed by atoms with E-state index in [2.05, 4.69) is 23.1 Å². The number of fused-ring (bicyclic) bond motifs is 3. The van der Waals surface area contributed by atoms with Crippen LogP contribution < -0.4 is 4.74 Å². The highest BCUT2D eigenvalue weighted by Gasteiger charge is 2.64. The Labute approximate surface area is 214 Å². The average molecular weight is 497 g/mol. The molecule has 1 unspecified atom stereocenters. The summed E-state index contributed by atoms with van der Waals surface area (Å²) in [7, 11) is 3.86.